The number of sulfonamides is 1. The largest absolute Gasteiger partial charge is 0.338 e. The van der Waals surface area contributed by atoms with Crippen molar-refractivity contribution >= 4 is 33.4 Å². The molecular formula is C20H22N4O4S. The molecule has 3 aliphatic heterocycles. The van der Waals surface area contributed by atoms with Crippen LogP contribution in [0.1, 0.15) is 12.8 Å². The lowest BCUT2D eigenvalue weighted by atomic mass is 9.96. The lowest BCUT2D eigenvalue weighted by Crippen LogP contribution is -2.45. The number of carbonyl (C=O) groups excluding carboxylic acids is 2. The number of nitrogens with one attached hydrogen (secondary N) is 1. The van der Waals surface area contributed by atoms with Gasteiger partial charge in [-0.1, -0.05) is 18.2 Å². The third-order valence-corrected chi connectivity index (χ3v) is 6.36. The summed E-state index contributed by atoms with van der Waals surface area (Å²) in [6.45, 7) is 1.22. The van der Waals surface area contributed by atoms with E-state index < -0.39 is 10.0 Å². The van der Waals surface area contributed by atoms with Gasteiger partial charge in [-0.15, -0.1) is 4.40 Å². The molecule has 1 aromatic rings. The Labute approximate surface area is 169 Å². The highest BCUT2D eigenvalue weighted by molar-refractivity contribution is 7.90. The van der Waals surface area contributed by atoms with Gasteiger partial charge in [0.2, 0.25) is 5.91 Å². The summed E-state index contributed by atoms with van der Waals surface area (Å²) < 4.78 is 27.0. The molecule has 1 fully saturated rings. The van der Waals surface area contributed by atoms with Crippen LogP contribution in [-0.4, -0.2) is 61.3 Å². The van der Waals surface area contributed by atoms with Crippen molar-refractivity contribution in [3.8, 4) is 0 Å². The molecule has 9 heteroatoms. The smallest absolute Gasteiger partial charge is 0.256 e. The molecule has 1 saturated heterocycles. The Balaban J connectivity index is 1.42. The number of rotatable bonds is 3. The van der Waals surface area contributed by atoms with Crippen LogP contribution in [0, 0.1) is 5.92 Å². The lowest BCUT2D eigenvalue weighted by Gasteiger charge is -2.33. The first-order valence-electron chi connectivity index (χ1n) is 9.56. The van der Waals surface area contributed by atoms with Gasteiger partial charge in [-0.25, -0.2) is 8.42 Å². The van der Waals surface area contributed by atoms with Gasteiger partial charge < -0.3 is 15.1 Å². The number of nitrogens with zero attached hydrogens (tertiary/aromatic N) is 3. The van der Waals surface area contributed by atoms with E-state index in [0.29, 0.717) is 24.5 Å². The molecule has 0 unspecified atom stereocenters. The highest BCUT2D eigenvalue weighted by Crippen LogP contribution is 2.23. The number of likely N-dealkylation sites (tertiary alicyclic amines) is 1. The van der Waals surface area contributed by atoms with Crippen molar-refractivity contribution in [1.29, 1.82) is 0 Å². The van der Waals surface area contributed by atoms with Gasteiger partial charge in [0.25, 0.3) is 15.9 Å². The molecule has 0 radical (unpaired) electrons. The standard InChI is InChI=1S/C20H22N4O4S/c25-19(21-17-6-2-1-3-7-17)15-5-4-10-24(13-15)20(26)16-8-9-18-22-29(27,28)12-11-23(18)14-16/h1-3,6-9,14-15H,4-5,10-13H2,(H,21,25)/t15-/m0/s1. The van der Waals surface area contributed by atoms with Gasteiger partial charge in [0, 0.05) is 31.5 Å². The molecule has 0 bridgehead atoms. The molecule has 1 N–H and O–H groups in total. The van der Waals surface area contributed by atoms with Crippen molar-refractivity contribution < 1.29 is 18.0 Å². The van der Waals surface area contributed by atoms with Crippen LogP contribution in [0.2, 0.25) is 0 Å². The quantitative estimate of drug-likeness (QED) is 0.805. The van der Waals surface area contributed by atoms with Crippen LogP contribution < -0.4 is 5.32 Å². The fourth-order valence-electron chi connectivity index (χ4n) is 3.65. The Morgan fingerprint density at radius 1 is 1.10 bits per heavy atom. The number of piperidine rings is 1. The second-order valence-corrected chi connectivity index (χ2v) is 9.05. The molecule has 1 atom stereocenters. The van der Waals surface area contributed by atoms with E-state index in [4.69, 9.17) is 0 Å². The number of hydrogen-bond acceptors (Lipinski definition) is 5. The van der Waals surface area contributed by atoms with Gasteiger partial charge in [0.1, 0.15) is 5.84 Å². The second-order valence-electron chi connectivity index (χ2n) is 7.29. The molecule has 0 spiro atoms. The Morgan fingerprint density at radius 3 is 2.69 bits per heavy atom. The summed E-state index contributed by atoms with van der Waals surface area (Å²) in [6.07, 6.45) is 6.27. The predicted molar refractivity (Wildman–Crippen MR) is 110 cm³/mol. The molecular weight excluding hydrogens is 392 g/mol. The van der Waals surface area contributed by atoms with E-state index in [9.17, 15) is 18.0 Å². The minimum Gasteiger partial charge on any atom is -0.338 e. The molecule has 152 valence electrons. The summed E-state index contributed by atoms with van der Waals surface area (Å²) in [7, 11) is -3.43. The molecule has 0 saturated carbocycles. The van der Waals surface area contributed by atoms with E-state index in [1.165, 1.54) is 0 Å². The van der Waals surface area contributed by atoms with Crippen molar-refractivity contribution in [3.05, 3.63) is 54.3 Å². The topological polar surface area (TPSA) is 99.1 Å². The van der Waals surface area contributed by atoms with Crippen LogP contribution in [0.25, 0.3) is 0 Å². The van der Waals surface area contributed by atoms with Crippen LogP contribution in [0.5, 0.6) is 0 Å². The maximum atomic E-state index is 13.0. The minimum atomic E-state index is -3.43. The third kappa shape index (κ3) is 4.40. The van der Waals surface area contributed by atoms with Gasteiger partial charge in [0.05, 0.1) is 17.2 Å². The Kier molecular flexibility index (Phi) is 5.23. The van der Waals surface area contributed by atoms with Crippen LogP contribution >= 0.6 is 0 Å². The Morgan fingerprint density at radius 2 is 1.90 bits per heavy atom. The first-order valence-corrected chi connectivity index (χ1v) is 11.2. The second kappa shape index (κ2) is 7.82. The summed E-state index contributed by atoms with van der Waals surface area (Å²) in [5.41, 5.74) is 1.21. The van der Waals surface area contributed by atoms with E-state index in [-0.39, 0.29) is 30.0 Å². The number of amidine groups is 1. The van der Waals surface area contributed by atoms with E-state index >= 15 is 0 Å². The summed E-state index contributed by atoms with van der Waals surface area (Å²) >= 11 is 0. The van der Waals surface area contributed by atoms with E-state index in [0.717, 1.165) is 18.5 Å². The summed E-state index contributed by atoms with van der Waals surface area (Å²) in [6, 6.07) is 9.27. The predicted octanol–water partition coefficient (Wildman–Crippen LogP) is 1.36. The van der Waals surface area contributed by atoms with E-state index in [2.05, 4.69) is 9.71 Å². The monoisotopic (exact) mass is 414 g/mol. The van der Waals surface area contributed by atoms with Crippen molar-refractivity contribution in [3.63, 3.8) is 0 Å². The van der Waals surface area contributed by atoms with Crippen LogP contribution in [0.3, 0.4) is 0 Å². The first-order chi connectivity index (χ1) is 13.9. The fourth-order valence-corrected chi connectivity index (χ4v) is 4.62. The van der Waals surface area contributed by atoms with Crippen molar-refractivity contribution in [2.75, 3.05) is 30.7 Å². The summed E-state index contributed by atoms with van der Waals surface area (Å²) in [5, 5.41) is 2.91. The number of hydrogen-bond donors (Lipinski definition) is 1. The molecule has 1 aromatic carbocycles. The number of anilines is 1. The number of amides is 2. The zero-order valence-electron chi connectivity index (χ0n) is 15.8. The van der Waals surface area contributed by atoms with E-state index in [1.807, 2.05) is 30.3 Å². The van der Waals surface area contributed by atoms with E-state index in [1.54, 1.807) is 28.2 Å². The average molecular weight is 414 g/mol. The average Bonchev–Trinajstić information content (AvgIpc) is 2.73. The fraction of sp³-hybridized carbons (Fsp3) is 0.350. The van der Waals surface area contributed by atoms with Crippen LogP contribution in [0.15, 0.2) is 58.7 Å². The molecule has 3 aliphatic rings. The number of para-hydroxylation sites is 1. The van der Waals surface area contributed by atoms with Crippen LogP contribution in [0.4, 0.5) is 5.69 Å². The normalized spacial score (nSPS) is 23.0. The SMILES string of the molecule is O=C(Nc1ccccc1)[C@H]1CCCN(C(=O)C2=CN3CCS(=O)(=O)N=C3C=C2)C1. The first kappa shape index (κ1) is 19.4. The summed E-state index contributed by atoms with van der Waals surface area (Å²) in [4.78, 5) is 28.9. The summed E-state index contributed by atoms with van der Waals surface area (Å²) in [5.74, 6) is -0.262. The number of benzene rings is 1. The molecule has 8 nitrogen and oxygen atoms in total. The minimum absolute atomic E-state index is 0.0756. The molecule has 0 aromatic heterocycles. The highest BCUT2D eigenvalue weighted by Gasteiger charge is 2.31. The Hall–Kier alpha value is -2.94. The zero-order chi connectivity index (χ0) is 20.4. The highest BCUT2D eigenvalue weighted by atomic mass is 32.2. The van der Waals surface area contributed by atoms with Crippen molar-refractivity contribution in [2.24, 2.45) is 10.3 Å². The van der Waals surface area contributed by atoms with Crippen molar-refractivity contribution in [2.45, 2.75) is 12.8 Å². The van der Waals surface area contributed by atoms with Crippen molar-refractivity contribution in [1.82, 2.24) is 9.80 Å². The van der Waals surface area contributed by atoms with Gasteiger partial charge in [-0.05, 0) is 37.1 Å². The van der Waals surface area contributed by atoms with Gasteiger partial charge in [0.15, 0.2) is 0 Å². The molecule has 29 heavy (non-hydrogen) atoms. The number of carbonyl (C=O) groups is 2. The zero-order valence-corrected chi connectivity index (χ0v) is 16.6. The maximum Gasteiger partial charge on any atom is 0.256 e. The Bertz CT molecular complexity index is 1010. The number of fused-ring (bicyclic) bond motifs is 1. The van der Waals surface area contributed by atoms with Gasteiger partial charge in [-0.2, -0.15) is 0 Å². The molecule has 0 aliphatic carbocycles. The lowest BCUT2D eigenvalue weighted by molar-refractivity contribution is -0.130. The van der Waals surface area contributed by atoms with Gasteiger partial charge in [-0.3, -0.25) is 9.59 Å². The third-order valence-electron chi connectivity index (χ3n) is 5.19. The molecule has 4 rings (SSSR count). The molecule has 2 amide bonds. The molecule has 3 heterocycles. The van der Waals surface area contributed by atoms with Gasteiger partial charge >= 0.3 is 0 Å². The van der Waals surface area contributed by atoms with Crippen LogP contribution in [-0.2, 0) is 19.6 Å². The maximum absolute atomic E-state index is 13.0.